The summed E-state index contributed by atoms with van der Waals surface area (Å²) in [4.78, 5) is 6.99. The second-order valence-corrected chi connectivity index (χ2v) is 6.23. The number of rotatable bonds is 4. The number of fused-ring (bicyclic) bond motifs is 1. The Hall–Kier alpha value is -2.24. The summed E-state index contributed by atoms with van der Waals surface area (Å²) in [6.45, 7) is 3.15. The first kappa shape index (κ1) is 14.4. The molecule has 1 aromatic carbocycles. The Kier molecular flexibility index (Phi) is 3.81. The summed E-state index contributed by atoms with van der Waals surface area (Å²) in [5.41, 5.74) is 4.22. The van der Waals surface area contributed by atoms with E-state index in [4.69, 9.17) is 0 Å². The fraction of sp³-hybridized carbons (Fsp3) is 0.333. The summed E-state index contributed by atoms with van der Waals surface area (Å²) < 4.78 is 1.86. The molecule has 0 bridgehead atoms. The van der Waals surface area contributed by atoms with Gasteiger partial charge in [0.2, 0.25) is 0 Å². The smallest absolute Gasteiger partial charge is 0.162 e. The SMILES string of the molecule is OCC1CCN(Cc2cnc3c(-c4ccccc4)cnn3c2)C1. The van der Waals surface area contributed by atoms with Crippen molar-refractivity contribution in [1.29, 1.82) is 0 Å². The zero-order chi connectivity index (χ0) is 15.6. The van der Waals surface area contributed by atoms with Gasteiger partial charge in [-0.15, -0.1) is 0 Å². The molecule has 2 aromatic heterocycles. The molecule has 1 fully saturated rings. The lowest BCUT2D eigenvalue weighted by Gasteiger charge is -2.15. The fourth-order valence-electron chi connectivity index (χ4n) is 3.28. The topological polar surface area (TPSA) is 53.7 Å². The third-order valence-electron chi connectivity index (χ3n) is 4.53. The molecule has 0 aliphatic carbocycles. The molecule has 5 nitrogen and oxygen atoms in total. The van der Waals surface area contributed by atoms with Crippen molar-refractivity contribution in [3.63, 3.8) is 0 Å². The first-order valence-electron chi connectivity index (χ1n) is 8.04. The molecule has 1 atom stereocenters. The number of benzene rings is 1. The van der Waals surface area contributed by atoms with Crippen molar-refractivity contribution in [3.05, 3.63) is 54.5 Å². The van der Waals surface area contributed by atoms with Crippen LogP contribution in [0.5, 0.6) is 0 Å². The molecule has 1 unspecified atom stereocenters. The van der Waals surface area contributed by atoms with Gasteiger partial charge >= 0.3 is 0 Å². The summed E-state index contributed by atoms with van der Waals surface area (Å²) >= 11 is 0. The van der Waals surface area contributed by atoms with Crippen LogP contribution in [-0.4, -0.2) is 44.3 Å². The third-order valence-corrected chi connectivity index (χ3v) is 4.53. The Labute approximate surface area is 135 Å². The van der Waals surface area contributed by atoms with Crippen molar-refractivity contribution in [2.45, 2.75) is 13.0 Å². The highest BCUT2D eigenvalue weighted by Gasteiger charge is 2.21. The minimum absolute atomic E-state index is 0.285. The first-order chi connectivity index (χ1) is 11.3. The number of likely N-dealkylation sites (tertiary alicyclic amines) is 1. The molecule has 1 saturated heterocycles. The van der Waals surface area contributed by atoms with Gasteiger partial charge in [0.25, 0.3) is 0 Å². The van der Waals surface area contributed by atoms with Crippen LogP contribution in [0.3, 0.4) is 0 Å². The molecule has 0 spiro atoms. The van der Waals surface area contributed by atoms with E-state index >= 15 is 0 Å². The molecule has 3 heterocycles. The van der Waals surface area contributed by atoms with Gasteiger partial charge in [-0.2, -0.15) is 5.10 Å². The normalized spacial score (nSPS) is 18.7. The monoisotopic (exact) mass is 308 g/mol. The standard InChI is InChI=1S/C18H20N4O/c23-13-14-6-7-21(10-14)11-15-8-19-18-17(9-20-22(18)12-15)16-4-2-1-3-5-16/h1-5,8-9,12,14,23H,6-7,10-11,13H2. The van der Waals surface area contributed by atoms with E-state index in [0.717, 1.165) is 48.4 Å². The average molecular weight is 308 g/mol. The summed E-state index contributed by atoms with van der Waals surface area (Å²) in [7, 11) is 0. The lowest BCUT2D eigenvalue weighted by atomic mass is 10.1. The number of hydrogen-bond acceptors (Lipinski definition) is 4. The van der Waals surface area contributed by atoms with Gasteiger partial charge in [0, 0.05) is 43.2 Å². The molecule has 118 valence electrons. The number of nitrogens with zero attached hydrogens (tertiary/aromatic N) is 4. The molecule has 0 amide bonds. The van der Waals surface area contributed by atoms with Gasteiger partial charge in [0.05, 0.1) is 6.20 Å². The van der Waals surface area contributed by atoms with E-state index in [1.54, 1.807) is 0 Å². The maximum Gasteiger partial charge on any atom is 0.162 e. The van der Waals surface area contributed by atoms with Crippen molar-refractivity contribution >= 4 is 5.65 Å². The summed E-state index contributed by atoms with van der Waals surface area (Å²) in [6, 6.07) is 10.2. The van der Waals surface area contributed by atoms with Gasteiger partial charge in [-0.25, -0.2) is 9.50 Å². The zero-order valence-corrected chi connectivity index (χ0v) is 13.0. The molecular formula is C18H20N4O. The Morgan fingerprint density at radius 2 is 2.04 bits per heavy atom. The Balaban J connectivity index is 1.58. The highest BCUT2D eigenvalue weighted by molar-refractivity contribution is 5.76. The van der Waals surface area contributed by atoms with Crippen molar-refractivity contribution in [3.8, 4) is 11.1 Å². The first-order valence-corrected chi connectivity index (χ1v) is 8.04. The minimum Gasteiger partial charge on any atom is -0.396 e. The molecule has 1 aliphatic rings. The molecule has 4 rings (SSSR count). The molecular weight excluding hydrogens is 288 g/mol. The molecule has 0 saturated carbocycles. The van der Waals surface area contributed by atoms with E-state index in [9.17, 15) is 5.11 Å². The van der Waals surface area contributed by atoms with E-state index in [1.807, 2.05) is 35.1 Å². The van der Waals surface area contributed by atoms with Gasteiger partial charge in [0.15, 0.2) is 5.65 Å². The van der Waals surface area contributed by atoms with Gasteiger partial charge in [-0.05, 0) is 24.4 Å². The van der Waals surface area contributed by atoms with Crippen molar-refractivity contribution in [1.82, 2.24) is 19.5 Å². The largest absolute Gasteiger partial charge is 0.396 e. The maximum atomic E-state index is 9.25. The van der Waals surface area contributed by atoms with Crippen LogP contribution in [0.15, 0.2) is 48.9 Å². The molecule has 3 aromatic rings. The highest BCUT2D eigenvalue weighted by Crippen LogP contribution is 2.23. The van der Waals surface area contributed by atoms with Crippen LogP contribution in [-0.2, 0) is 6.54 Å². The van der Waals surface area contributed by atoms with Crippen LogP contribution in [0.1, 0.15) is 12.0 Å². The average Bonchev–Trinajstić information content (AvgIpc) is 3.22. The van der Waals surface area contributed by atoms with E-state index in [0.29, 0.717) is 5.92 Å². The zero-order valence-electron chi connectivity index (χ0n) is 13.0. The minimum atomic E-state index is 0.285. The van der Waals surface area contributed by atoms with Gasteiger partial charge in [0.1, 0.15) is 0 Å². The van der Waals surface area contributed by atoms with E-state index in [2.05, 4.69) is 33.3 Å². The van der Waals surface area contributed by atoms with Crippen LogP contribution >= 0.6 is 0 Å². The second-order valence-electron chi connectivity index (χ2n) is 6.23. The molecule has 0 radical (unpaired) electrons. The summed E-state index contributed by atoms with van der Waals surface area (Å²) in [6.07, 6.45) is 6.95. The number of aliphatic hydroxyl groups is 1. The number of aliphatic hydroxyl groups excluding tert-OH is 1. The molecule has 23 heavy (non-hydrogen) atoms. The van der Waals surface area contributed by atoms with Crippen molar-refractivity contribution in [2.75, 3.05) is 19.7 Å². The second kappa shape index (κ2) is 6.10. The third kappa shape index (κ3) is 2.85. The molecule has 1 aliphatic heterocycles. The Morgan fingerprint density at radius 1 is 1.17 bits per heavy atom. The van der Waals surface area contributed by atoms with Gasteiger partial charge < -0.3 is 5.11 Å². The van der Waals surface area contributed by atoms with Crippen LogP contribution in [0.2, 0.25) is 0 Å². The predicted octanol–water partition coefficient (Wildman–Crippen LogP) is 2.21. The van der Waals surface area contributed by atoms with Crippen LogP contribution in [0, 0.1) is 5.92 Å². The van der Waals surface area contributed by atoms with Crippen LogP contribution in [0.25, 0.3) is 16.8 Å². The molecule has 1 N–H and O–H groups in total. The lowest BCUT2D eigenvalue weighted by molar-refractivity contribution is 0.220. The van der Waals surface area contributed by atoms with Crippen LogP contribution < -0.4 is 0 Å². The van der Waals surface area contributed by atoms with Crippen LogP contribution in [0.4, 0.5) is 0 Å². The van der Waals surface area contributed by atoms with E-state index in [1.165, 1.54) is 0 Å². The van der Waals surface area contributed by atoms with Gasteiger partial charge in [-0.3, -0.25) is 4.90 Å². The fourth-order valence-corrected chi connectivity index (χ4v) is 3.28. The van der Waals surface area contributed by atoms with Gasteiger partial charge in [-0.1, -0.05) is 30.3 Å². The lowest BCUT2D eigenvalue weighted by Crippen LogP contribution is -2.21. The summed E-state index contributed by atoms with van der Waals surface area (Å²) in [5.74, 6) is 0.418. The Morgan fingerprint density at radius 3 is 2.83 bits per heavy atom. The predicted molar refractivity (Wildman–Crippen MR) is 88.9 cm³/mol. The maximum absolute atomic E-state index is 9.25. The van der Waals surface area contributed by atoms with Crippen molar-refractivity contribution in [2.24, 2.45) is 5.92 Å². The highest BCUT2D eigenvalue weighted by atomic mass is 16.3. The quantitative estimate of drug-likeness (QED) is 0.803. The van der Waals surface area contributed by atoms with E-state index in [-0.39, 0.29) is 6.61 Å². The van der Waals surface area contributed by atoms with Crippen molar-refractivity contribution < 1.29 is 5.11 Å². The number of hydrogen-bond donors (Lipinski definition) is 1. The summed E-state index contributed by atoms with van der Waals surface area (Å²) in [5, 5.41) is 13.7. The van der Waals surface area contributed by atoms with E-state index < -0.39 is 0 Å². The Bertz CT molecular complexity index is 799. The number of aromatic nitrogens is 3. The molecule has 5 heteroatoms.